The van der Waals surface area contributed by atoms with Crippen LogP contribution in [0.4, 0.5) is 10.3 Å². The largest absolute Gasteiger partial charge is 0.341 e. The van der Waals surface area contributed by atoms with Crippen molar-refractivity contribution < 1.29 is 13.7 Å². The van der Waals surface area contributed by atoms with Gasteiger partial charge in [0, 0.05) is 38.2 Å². The lowest BCUT2D eigenvalue weighted by molar-refractivity contribution is -0.131. The molecule has 1 heterocycles. The third-order valence-corrected chi connectivity index (χ3v) is 4.76. The van der Waals surface area contributed by atoms with Crippen molar-refractivity contribution in [1.82, 2.24) is 15.0 Å². The number of carbonyl (C=O) groups excluding carboxylic acids is 1. The Morgan fingerprint density at radius 1 is 1.07 bits per heavy atom. The predicted molar refractivity (Wildman–Crippen MR) is 110 cm³/mol. The minimum absolute atomic E-state index is 0.0820. The first-order chi connectivity index (χ1) is 13.4. The molecule has 1 aromatic heterocycles. The van der Waals surface area contributed by atoms with E-state index in [1.54, 1.807) is 12.1 Å². The Labute approximate surface area is 166 Å². The van der Waals surface area contributed by atoms with Crippen LogP contribution in [0.15, 0.2) is 28.8 Å². The van der Waals surface area contributed by atoms with Crippen LogP contribution in [0.5, 0.6) is 0 Å². The molecule has 0 spiro atoms. The number of halogens is 1. The number of aromatic nitrogens is 1. The first-order valence-corrected chi connectivity index (χ1v) is 9.83. The van der Waals surface area contributed by atoms with Gasteiger partial charge >= 0.3 is 0 Å². The summed E-state index contributed by atoms with van der Waals surface area (Å²) in [6.45, 7) is 9.28. The van der Waals surface area contributed by atoms with Crippen molar-refractivity contribution in [1.29, 1.82) is 0 Å². The number of hydrogen-bond acceptors (Lipinski definition) is 5. The van der Waals surface area contributed by atoms with Crippen molar-refractivity contribution in [2.45, 2.75) is 33.7 Å². The molecule has 0 aliphatic heterocycles. The molecule has 0 radical (unpaired) electrons. The average molecular weight is 391 g/mol. The molecule has 2 aromatic rings. The zero-order chi connectivity index (χ0) is 20.7. The van der Waals surface area contributed by atoms with Crippen LogP contribution in [-0.4, -0.2) is 61.1 Å². The second-order valence-electron chi connectivity index (χ2n) is 6.97. The van der Waals surface area contributed by atoms with Crippen molar-refractivity contribution in [3.8, 4) is 11.3 Å². The lowest BCUT2D eigenvalue weighted by Gasteiger charge is -2.26. The smallest absolute Gasteiger partial charge is 0.232 e. The molecule has 154 valence electrons. The number of nitrogens with zero attached hydrogens (tertiary/aromatic N) is 4. The van der Waals surface area contributed by atoms with E-state index in [4.69, 9.17) is 4.52 Å². The molecule has 0 aliphatic carbocycles. The van der Waals surface area contributed by atoms with E-state index in [0.717, 1.165) is 30.8 Å². The van der Waals surface area contributed by atoms with Crippen LogP contribution < -0.4 is 4.90 Å². The maximum absolute atomic E-state index is 13.4. The minimum atomic E-state index is -0.300. The number of benzene rings is 1. The third-order valence-electron chi connectivity index (χ3n) is 4.76. The summed E-state index contributed by atoms with van der Waals surface area (Å²) in [7, 11) is 3.97. The van der Waals surface area contributed by atoms with Crippen molar-refractivity contribution in [3.63, 3.8) is 0 Å². The summed E-state index contributed by atoms with van der Waals surface area (Å²) in [5.41, 5.74) is 2.28. The highest BCUT2D eigenvalue weighted by atomic mass is 19.1. The molecule has 1 aromatic carbocycles. The third kappa shape index (κ3) is 5.32. The van der Waals surface area contributed by atoms with Gasteiger partial charge in [-0.3, -0.25) is 4.79 Å². The number of hydrogen-bond donors (Lipinski definition) is 0. The van der Waals surface area contributed by atoms with Crippen LogP contribution in [-0.2, 0) is 11.3 Å². The van der Waals surface area contributed by atoms with Crippen molar-refractivity contribution in [2.24, 2.45) is 0 Å². The Morgan fingerprint density at radius 2 is 1.71 bits per heavy atom. The van der Waals surface area contributed by atoms with Gasteiger partial charge in [0.1, 0.15) is 11.5 Å². The van der Waals surface area contributed by atoms with Gasteiger partial charge in [-0.15, -0.1) is 0 Å². The van der Waals surface area contributed by atoms with Crippen molar-refractivity contribution >= 4 is 11.8 Å². The van der Waals surface area contributed by atoms with Gasteiger partial charge in [-0.1, -0.05) is 12.1 Å². The first-order valence-electron chi connectivity index (χ1n) is 9.83. The highest BCUT2D eigenvalue weighted by molar-refractivity contribution is 5.77. The van der Waals surface area contributed by atoms with Crippen LogP contribution in [0.2, 0.25) is 0 Å². The summed E-state index contributed by atoms with van der Waals surface area (Å²) < 4.78 is 19.1. The molecular weight excluding hydrogens is 359 g/mol. The SMILES string of the molecule is CCC(=O)N(CCN(C)C)Cc1c(-c2ccc(F)cc2)noc1N(CC)CC. The average Bonchev–Trinajstić information content (AvgIpc) is 3.09. The molecule has 7 heteroatoms. The van der Waals surface area contributed by atoms with Crippen LogP contribution in [0.25, 0.3) is 11.3 Å². The maximum Gasteiger partial charge on any atom is 0.232 e. The second-order valence-corrected chi connectivity index (χ2v) is 6.97. The fraction of sp³-hybridized carbons (Fsp3) is 0.524. The zero-order valence-corrected chi connectivity index (χ0v) is 17.5. The van der Waals surface area contributed by atoms with Gasteiger partial charge in [0.2, 0.25) is 11.8 Å². The van der Waals surface area contributed by atoms with Gasteiger partial charge < -0.3 is 19.2 Å². The van der Waals surface area contributed by atoms with E-state index in [-0.39, 0.29) is 11.7 Å². The van der Waals surface area contributed by atoms with Crippen molar-refractivity contribution in [2.75, 3.05) is 45.2 Å². The van der Waals surface area contributed by atoms with Gasteiger partial charge in [-0.2, -0.15) is 0 Å². The molecule has 0 atom stereocenters. The summed E-state index contributed by atoms with van der Waals surface area (Å²) >= 11 is 0. The van der Waals surface area contributed by atoms with Gasteiger partial charge in [0.05, 0.1) is 12.1 Å². The van der Waals surface area contributed by atoms with Gasteiger partial charge in [0.15, 0.2) is 0 Å². The van der Waals surface area contributed by atoms with Gasteiger partial charge in [-0.25, -0.2) is 4.39 Å². The van der Waals surface area contributed by atoms with Crippen LogP contribution in [0.1, 0.15) is 32.8 Å². The van der Waals surface area contributed by atoms with E-state index in [1.807, 2.05) is 39.8 Å². The van der Waals surface area contributed by atoms with Crippen LogP contribution in [0.3, 0.4) is 0 Å². The van der Waals surface area contributed by atoms with Gasteiger partial charge in [-0.05, 0) is 52.2 Å². The predicted octanol–water partition coefficient (Wildman–Crippen LogP) is 3.63. The molecule has 0 saturated heterocycles. The number of amides is 1. The molecule has 1 amide bonds. The number of anilines is 1. The summed E-state index contributed by atoms with van der Waals surface area (Å²) in [6, 6.07) is 6.20. The van der Waals surface area contributed by atoms with E-state index in [0.29, 0.717) is 31.1 Å². The number of rotatable bonds is 10. The van der Waals surface area contributed by atoms with E-state index in [1.165, 1.54) is 12.1 Å². The van der Waals surface area contributed by atoms with Crippen LogP contribution >= 0.6 is 0 Å². The van der Waals surface area contributed by atoms with Crippen LogP contribution in [0, 0.1) is 5.82 Å². The molecule has 0 unspecified atom stereocenters. The molecule has 0 fully saturated rings. The molecule has 6 nitrogen and oxygen atoms in total. The van der Waals surface area contributed by atoms with E-state index in [9.17, 15) is 9.18 Å². The zero-order valence-electron chi connectivity index (χ0n) is 17.5. The Kier molecular flexibility index (Phi) is 7.99. The maximum atomic E-state index is 13.4. The van der Waals surface area contributed by atoms with Crippen molar-refractivity contribution in [3.05, 3.63) is 35.6 Å². The van der Waals surface area contributed by atoms with Gasteiger partial charge in [0.25, 0.3) is 0 Å². The Bertz CT molecular complexity index is 754. The fourth-order valence-corrected chi connectivity index (χ4v) is 3.06. The minimum Gasteiger partial charge on any atom is -0.341 e. The summed E-state index contributed by atoms with van der Waals surface area (Å²) in [6.07, 6.45) is 0.436. The van der Waals surface area contributed by atoms with E-state index in [2.05, 4.69) is 15.0 Å². The molecule has 0 N–H and O–H groups in total. The van der Waals surface area contributed by atoms with E-state index >= 15 is 0 Å². The lowest BCUT2D eigenvalue weighted by atomic mass is 10.1. The quantitative estimate of drug-likeness (QED) is 0.620. The summed E-state index contributed by atoms with van der Waals surface area (Å²) in [5, 5.41) is 4.28. The molecule has 0 saturated carbocycles. The number of likely N-dealkylation sites (N-methyl/N-ethyl adjacent to an activating group) is 1. The topological polar surface area (TPSA) is 52.8 Å². The lowest BCUT2D eigenvalue weighted by Crippen LogP contribution is -2.36. The second kappa shape index (κ2) is 10.2. The standard InChI is InChI=1S/C21H31FN4O2/c1-6-19(27)26(14-13-24(4)5)15-18-20(16-9-11-17(22)12-10-16)23-28-21(18)25(7-2)8-3/h9-12H,6-8,13-15H2,1-5H3. The molecule has 2 rings (SSSR count). The molecular formula is C21H31FN4O2. The Hall–Kier alpha value is -2.41. The normalized spacial score (nSPS) is 11.1. The molecule has 0 aliphatic rings. The monoisotopic (exact) mass is 390 g/mol. The highest BCUT2D eigenvalue weighted by Gasteiger charge is 2.25. The first kappa shape index (κ1) is 21.9. The summed E-state index contributed by atoms with van der Waals surface area (Å²) in [4.78, 5) is 18.5. The Balaban J connectivity index is 2.45. The molecule has 0 bridgehead atoms. The Morgan fingerprint density at radius 3 is 2.25 bits per heavy atom. The van der Waals surface area contributed by atoms with E-state index < -0.39 is 0 Å². The fourth-order valence-electron chi connectivity index (χ4n) is 3.06. The number of carbonyl (C=O) groups is 1. The summed E-state index contributed by atoms with van der Waals surface area (Å²) in [5.74, 6) is 0.452. The highest BCUT2D eigenvalue weighted by Crippen LogP contribution is 2.32. The molecule has 28 heavy (non-hydrogen) atoms.